The Kier molecular flexibility index (Phi) is 4.73. The van der Waals surface area contributed by atoms with Crippen LogP contribution in [0.3, 0.4) is 0 Å². The summed E-state index contributed by atoms with van der Waals surface area (Å²) in [6, 6.07) is 15.2. The van der Waals surface area contributed by atoms with Gasteiger partial charge < -0.3 is 14.1 Å². The van der Waals surface area contributed by atoms with Gasteiger partial charge in [0.2, 0.25) is 11.8 Å². The van der Waals surface area contributed by atoms with E-state index in [-0.39, 0.29) is 12.0 Å². The Morgan fingerprint density at radius 3 is 2.56 bits per heavy atom. The van der Waals surface area contributed by atoms with Gasteiger partial charge >= 0.3 is 0 Å². The van der Waals surface area contributed by atoms with Gasteiger partial charge in [0.1, 0.15) is 0 Å². The molecule has 2 aromatic carbocycles. The van der Waals surface area contributed by atoms with Gasteiger partial charge in [-0.2, -0.15) is 0 Å². The largest absolute Gasteiger partial charge is 0.416 e. The highest BCUT2D eigenvalue weighted by Gasteiger charge is 2.22. The minimum absolute atomic E-state index is 0.0165. The van der Waals surface area contributed by atoms with Crippen LogP contribution in [0, 0.1) is 6.92 Å². The average molecular weight is 363 g/mol. The lowest BCUT2D eigenvalue weighted by molar-refractivity contribution is -0.0124. The second-order valence-corrected chi connectivity index (χ2v) is 6.74. The molecule has 6 nitrogen and oxygen atoms in total. The number of hydrogen-bond acceptors (Lipinski definition) is 5. The highest BCUT2D eigenvalue weighted by Crippen LogP contribution is 2.26. The molecule has 3 aromatic rings. The first-order valence-corrected chi connectivity index (χ1v) is 9.02. The number of carbonyl (C=O) groups excluding carboxylic acids is 1. The Morgan fingerprint density at radius 1 is 1.07 bits per heavy atom. The van der Waals surface area contributed by atoms with Crippen LogP contribution in [0.15, 0.2) is 52.9 Å². The molecule has 0 spiro atoms. The molecule has 138 valence electrons. The number of ether oxygens (including phenoxy) is 1. The summed E-state index contributed by atoms with van der Waals surface area (Å²) >= 11 is 0. The summed E-state index contributed by atoms with van der Waals surface area (Å²) in [6.45, 7) is 5.79. The number of morpholine rings is 1. The highest BCUT2D eigenvalue weighted by atomic mass is 16.5. The summed E-state index contributed by atoms with van der Waals surface area (Å²) in [5.74, 6) is 0.945. The van der Waals surface area contributed by atoms with Gasteiger partial charge in [-0.05, 0) is 49.7 Å². The maximum atomic E-state index is 12.6. The zero-order chi connectivity index (χ0) is 18.8. The molecule has 1 aromatic heterocycles. The third-order valence-corrected chi connectivity index (χ3v) is 4.71. The van der Waals surface area contributed by atoms with Crippen molar-refractivity contribution in [3.05, 3.63) is 59.7 Å². The second kappa shape index (κ2) is 7.32. The maximum absolute atomic E-state index is 12.6. The highest BCUT2D eigenvalue weighted by molar-refractivity contribution is 5.94. The molecule has 1 aliphatic heterocycles. The Hall–Kier alpha value is -2.99. The van der Waals surface area contributed by atoms with Crippen LogP contribution in [0.25, 0.3) is 22.9 Å². The Labute approximate surface area is 157 Å². The number of hydrogen-bond donors (Lipinski definition) is 0. The number of aromatic nitrogens is 2. The zero-order valence-electron chi connectivity index (χ0n) is 15.4. The van der Waals surface area contributed by atoms with Crippen LogP contribution in [0.1, 0.15) is 22.8 Å². The Bertz CT molecular complexity index is 949. The number of rotatable bonds is 3. The topological polar surface area (TPSA) is 68.5 Å². The molecule has 1 saturated heterocycles. The first-order valence-electron chi connectivity index (χ1n) is 9.02. The summed E-state index contributed by atoms with van der Waals surface area (Å²) in [5, 5.41) is 8.31. The lowest BCUT2D eigenvalue weighted by Gasteiger charge is -2.31. The summed E-state index contributed by atoms with van der Waals surface area (Å²) in [7, 11) is 0. The molecule has 1 aliphatic rings. The monoisotopic (exact) mass is 363 g/mol. The number of carbonyl (C=O) groups is 1. The van der Waals surface area contributed by atoms with Crippen molar-refractivity contribution in [3.8, 4) is 22.9 Å². The van der Waals surface area contributed by atoms with Crippen molar-refractivity contribution in [1.29, 1.82) is 0 Å². The minimum atomic E-state index is 0.0165. The van der Waals surface area contributed by atoms with Crippen LogP contribution in [-0.4, -0.2) is 46.8 Å². The van der Waals surface area contributed by atoms with Crippen molar-refractivity contribution in [3.63, 3.8) is 0 Å². The van der Waals surface area contributed by atoms with E-state index in [1.165, 1.54) is 0 Å². The molecule has 2 heterocycles. The van der Waals surface area contributed by atoms with Gasteiger partial charge in [0.15, 0.2) is 0 Å². The predicted octanol–water partition coefficient (Wildman–Crippen LogP) is 3.57. The lowest BCUT2D eigenvalue weighted by Crippen LogP contribution is -2.44. The molecule has 0 bridgehead atoms. The van der Waals surface area contributed by atoms with Crippen LogP contribution in [0.4, 0.5) is 0 Å². The first kappa shape index (κ1) is 17.4. The summed E-state index contributed by atoms with van der Waals surface area (Å²) < 4.78 is 11.3. The van der Waals surface area contributed by atoms with Crippen LogP contribution < -0.4 is 0 Å². The minimum Gasteiger partial charge on any atom is -0.416 e. The fourth-order valence-corrected chi connectivity index (χ4v) is 3.20. The predicted molar refractivity (Wildman–Crippen MR) is 101 cm³/mol. The van der Waals surface area contributed by atoms with Crippen molar-refractivity contribution in [2.24, 2.45) is 0 Å². The smallest absolute Gasteiger partial charge is 0.254 e. The van der Waals surface area contributed by atoms with Crippen LogP contribution in [0.5, 0.6) is 0 Å². The van der Waals surface area contributed by atoms with Gasteiger partial charge in [0, 0.05) is 29.8 Å². The van der Waals surface area contributed by atoms with Crippen molar-refractivity contribution in [1.82, 2.24) is 15.1 Å². The van der Waals surface area contributed by atoms with Crippen molar-refractivity contribution < 1.29 is 13.9 Å². The van der Waals surface area contributed by atoms with Crippen molar-refractivity contribution >= 4 is 5.91 Å². The molecule has 0 N–H and O–H groups in total. The SMILES string of the molecule is Cc1ccccc1-c1nnc(-c2ccc(C(=O)N3CCO[C@H](C)C3)cc2)o1. The van der Waals surface area contributed by atoms with E-state index in [4.69, 9.17) is 9.15 Å². The van der Waals surface area contributed by atoms with Gasteiger partial charge in [0.05, 0.1) is 12.7 Å². The molecule has 27 heavy (non-hydrogen) atoms. The third-order valence-electron chi connectivity index (χ3n) is 4.71. The quantitative estimate of drug-likeness (QED) is 0.711. The molecule has 1 atom stereocenters. The number of amides is 1. The van der Waals surface area contributed by atoms with Crippen LogP contribution in [0.2, 0.25) is 0 Å². The van der Waals surface area contributed by atoms with E-state index in [0.717, 1.165) is 16.7 Å². The van der Waals surface area contributed by atoms with E-state index in [0.29, 0.717) is 37.0 Å². The molecule has 0 radical (unpaired) electrons. The zero-order valence-corrected chi connectivity index (χ0v) is 15.4. The van der Waals surface area contributed by atoms with Crippen molar-refractivity contribution in [2.75, 3.05) is 19.7 Å². The summed E-state index contributed by atoms with van der Waals surface area (Å²) in [6.07, 6.45) is 0.0697. The van der Waals surface area contributed by atoms with E-state index in [1.54, 1.807) is 12.1 Å². The second-order valence-electron chi connectivity index (χ2n) is 6.74. The van der Waals surface area contributed by atoms with Crippen LogP contribution in [-0.2, 0) is 4.74 Å². The van der Waals surface area contributed by atoms with Gasteiger partial charge in [-0.15, -0.1) is 10.2 Å². The number of benzene rings is 2. The van der Waals surface area contributed by atoms with Crippen LogP contribution >= 0.6 is 0 Å². The summed E-state index contributed by atoms with van der Waals surface area (Å²) in [4.78, 5) is 14.5. The number of nitrogens with zero attached hydrogens (tertiary/aromatic N) is 3. The standard InChI is InChI=1S/C21H21N3O3/c1-14-5-3-4-6-18(14)20-23-22-19(27-20)16-7-9-17(10-8-16)21(25)24-11-12-26-15(2)13-24/h3-10,15H,11-13H2,1-2H3/t15-/m1/s1. The van der Waals surface area contributed by atoms with Gasteiger partial charge in [-0.3, -0.25) is 4.79 Å². The fourth-order valence-electron chi connectivity index (χ4n) is 3.20. The van der Waals surface area contributed by atoms with E-state index in [1.807, 2.05) is 55.1 Å². The molecular weight excluding hydrogens is 342 g/mol. The van der Waals surface area contributed by atoms with Crippen molar-refractivity contribution in [2.45, 2.75) is 20.0 Å². The molecule has 0 aliphatic carbocycles. The Morgan fingerprint density at radius 2 is 1.81 bits per heavy atom. The molecule has 1 fully saturated rings. The third kappa shape index (κ3) is 3.61. The molecule has 6 heteroatoms. The van der Waals surface area contributed by atoms with E-state index in [2.05, 4.69) is 10.2 Å². The molecular formula is C21H21N3O3. The first-order chi connectivity index (χ1) is 13.1. The van der Waals surface area contributed by atoms with E-state index in [9.17, 15) is 4.79 Å². The lowest BCUT2D eigenvalue weighted by atomic mass is 10.1. The molecule has 4 rings (SSSR count). The number of aryl methyl sites for hydroxylation is 1. The molecule has 0 unspecified atom stereocenters. The van der Waals surface area contributed by atoms with Gasteiger partial charge in [0.25, 0.3) is 5.91 Å². The Balaban J connectivity index is 1.53. The van der Waals surface area contributed by atoms with Gasteiger partial charge in [-0.1, -0.05) is 18.2 Å². The summed E-state index contributed by atoms with van der Waals surface area (Å²) in [5.41, 5.74) is 3.43. The van der Waals surface area contributed by atoms with E-state index >= 15 is 0 Å². The molecule has 0 saturated carbocycles. The van der Waals surface area contributed by atoms with Gasteiger partial charge in [-0.25, -0.2) is 0 Å². The molecule has 1 amide bonds. The van der Waals surface area contributed by atoms with E-state index < -0.39 is 0 Å². The maximum Gasteiger partial charge on any atom is 0.254 e. The average Bonchev–Trinajstić information content (AvgIpc) is 3.18. The normalized spacial score (nSPS) is 17.1. The fraction of sp³-hybridized carbons (Fsp3) is 0.286.